The summed E-state index contributed by atoms with van der Waals surface area (Å²) in [6.07, 6.45) is -5.47. The van der Waals surface area contributed by atoms with Crippen LogP contribution in [-0.4, -0.2) is 58.1 Å². The van der Waals surface area contributed by atoms with Gasteiger partial charge in [-0.2, -0.15) is 13.2 Å². The molecular weight excluding hydrogens is 647 g/mol. The van der Waals surface area contributed by atoms with Crippen LogP contribution in [0.4, 0.5) is 18.9 Å². The third-order valence-electron chi connectivity index (χ3n) is 9.06. The van der Waals surface area contributed by atoms with E-state index in [9.17, 15) is 27.9 Å². The molecule has 4 aromatic carbocycles. The molecule has 2 saturated heterocycles. The SMILES string of the molecule is O=C(Nc1cccc(C2OC(CN(Cc3ccccc3)Cc3ccccc3)CC(c3ccc(CO)cc3)O2)c1)C1CCCN1C(=O)C(F)(F)F. The van der Waals surface area contributed by atoms with E-state index in [2.05, 4.69) is 34.5 Å². The van der Waals surface area contributed by atoms with Crippen LogP contribution in [0.15, 0.2) is 109 Å². The summed E-state index contributed by atoms with van der Waals surface area (Å²) in [5, 5.41) is 12.3. The number of nitrogens with one attached hydrogen (secondary N) is 1. The molecule has 4 atom stereocenters. The number of aliphatic hydroxyl groups excluding tert-OH is 1. The number of benzene rings is 4. The second-order valence-corrected chi connectivity index (χ2v) is 12.8. The van der Waals surface area contributed by atoms with Gasteiger partial charge in [0, 0.05) is 43.9 Å². The zero-order valence-corrected chi connectivity index (χ0v) is 27.5. The van der Waals surface area contributed by atoms with Crippen molar-refractivity contribution in [1.82, 2.24) is 9.80 Å². The lowest BCUT2D eigenvalue weighted by molar-refractivity contribution is -0.253. The molecule has 4 unspecified atom stereocenters. The number of aliphatic hydroxyl groups is 1. The molecule has 0 saturated carbocycles. The predicted octanol–water partition coefficient (Wildman–Crippen LogP) is 6.92. The largest absolute Gasteiger partial charge is 0.471 e. The van der Waals surface area contributed by atoms with E-state index in [4.69, 9.17) is 9.47 Å². The van der Waals surface area contributed by atoms with Crippen molar-refractivity contribution < 1.29 is 37.3 Å². The van der Waals surface area contributed by atoms with Gasteiger partial charge in [0.25, 0.3) is 0 Å². The van der Waals surface area contributed by atoms with E-state index in [0.29, 0.717) is 48.6 Å². The van der Waals surface area contributed by atoms with Crippen molar-refractivity contribution in [1.29, 1.82) is 0 Å². The molecule has 0 spiro atoms. The van der Waals surface area contributed by atoms with Crippen LogP contribution in [0.5, 0.6) is 0 Å². The van der Waals surface area contributed by atoms with Gasteiger partial charge in [-0.1, -0.05) is 97.1 Å². The fraction of sp³-hybridized carbons (Fsp3) is 0.333. The Hall–Kier alpha value is -4.55. The lowest BCUT2D eigenvalue weighted by atomic mass is 9.99. The first-order valence-corrected chi connectivity index (χ1v) is 16.8. The van der Waals surface area contributed by atoms with Crippen LogP contribution >= 0.6 is 0 Å². The maximum atomic E-state index is 13.2. The number of rotatable bonds is 11. The van der Waals surface area contributed by atoms with Gasteiger partial charge in [-0.25, -0.2) is 0 Å². The summed E-state index contributed by atoms with van der Waals surface area (Å²) < 4.78 is 52.7. The Labute approximate surface area is 289 Å². The fourth-order valence-corrected chi connectivity index (χ4v) is 6.62. The van der Waals surface area contributed by atoms with Crippen LogP contribution < -0.4 is 5.32 Å². The summed E-state index contributed by atoms with van der Waals surface area (Å²) in [5.41, 5.74) is 5.03. The molecule has 2 amide bonds. The van der Waals surface area contributed by atoms with Gasteiger partial charge in [-0.05, 0) is 47.2 Å². The topological polar surface area (TPSA) is 91.3 Å². The Balaban J connectivity index is 1.23. The average Bonchev–Trinajstić information content (AvgIpc) is 3.62. The van der Waals surface area contributed by atoms with E-state index < -0.39 is 30.3 Å². The molecule has 262 valence electrons. The lowest BCUT2D eigenvalue weighted by Gasteiger charge is -2.38. The van der Waals surface area contributed by atoms with E-state index in [-0.39, 0.29) is 31.8 Å². The van der Waals surface area contributed by atoms with Crippen molar-refractivity contribution in [3.05, 3.63) is 137 Å². The molecule has 0 bridgehead atoms. The van der Waals surface area contributed by atoms with Crippen LogP contribution in [0.25, 0.3) is 0 Å². The normalized spacial score (nSPS) is 20.9. The summed E-state index contributed by atoms with van der Waals surface area (Å²) in [6.45, 7) is 1.79. The van der Waals surface area contributed by atoms with Crippen LogP contribution in [0.3, 0.4) is 0 Å². The van der Waals surface area contributed by atoms with E-state index in [1.54, 1.807) is 18.2 Å². The maximum Gasteiger partial charge on any atom is 0.471 e. The van der Waals surface area contributed by atoms with E-state index in [1.165, 1.54) is 11.1 Å². The van der Waals surface area contributed by atoms with Crippen LogP contribution in [0.2, 0.25) is 0 Å². The summed E-state index contributed by atoms with van der Waals surface area (Å²) in [7, 11) is 0. The number of anilines is 1. The van der Waals surface area contributed by atoms with Crippen molar-refractivity contribution in [3.63, 3.8) is 0 Å². The molecule has 2 aliphatic heterocycles. The van der Waals surface area contributed by atoms with Gasteiger partial charge in [0.1, 0.15) is 6.04 Å². The molecule has 6 rings (SSSR count). The van der Waals surface area contributed by atoms with Crippen molar-refractivity contribution >= 4 is 17.5 Å². The minimum absolute atomic E-state index is 0.0738. The predicted molar refractivity (Wildman–Crippen MR) is 181 cm³/mol. The number of nitrogens with zero attached hydrogens (tertiary/aromatic N) is 2. The average molecular weight is 688 g/mol. The minimum Gasteiger partial charge on any atom is -0.392 e. The molecule has 0 aliphatic carbocycles. The van der Waals surface area contributed by atoms with Crippen molar-refractivity contribution in [2.45, 2.75) is 69.7 Å². The number of carbonyl (C=O) groups excluding carboxylic acids is 2. The third-order valence-corrected chi connectivity index (χ3v) is 9.06. The highest BCUT2D eigenvalue weighted by atomic mass is 19.4. The molecule has 2 heterocycles. The number of likely N-dealkylation sites (tertiary alicyclic amines) is 1. The molecule has 0 aromatic heterocycles. The highest BCUT2D eigenvalue weighted by molar-refractivity contribution is 5.98. The molecule has 2 fully saturated rings. The van der Waals surface area contributed by atoms with Gasteiger partial charge in [-0.15, -0.1) is 0 Å². The molecule has 0 radical (unpaired) electrons. The van der Waals surface area contributed by atoms with Gasteiger partial charge < -0.3 is 24.8 Å². The number of hydrogen-bond acceptors (Lipinski definition) is 6. The maximum absolute atomic E-state index is 13.2. The summed E-state index contributed by atoms with van der Waals surface area (Å²) in [6, 6.07) is 33.7. The number of alkyl halides is 3. The Morgan fingerprint density at radius 2 is 1.48 bits per heavy atom. The first-order valence-electron chi connectivity index (χ1n) is 16.8. The zero-order valence-electron chi connectivity index (χ0n) is 27.5. The Bertz CT molecular complexity index is 1680. The standard InChI is InChI=1S/C39H40F3N3O5/c40-39(41,42)38(48)45-20-8-15-34(45)36(47)43-32-14-7-13-31(21-32)37-49-33(22-35(50-37)30-18-16-29(26-46)17-19-30)25-44(23-27-9-3-1-4-10-27)24-28-11-5-2-6-12-28/h1-7,9-14,16-19,21,33-35,37,46H,8,15,20,22-26H2,(H,43,47). The van der Waals surface area contributed by atoms with Gasteiger partial charge in [0.05, 0.1) is 18.8 Å². The lowest BCUT2D eigenvalue weighted by Crippen LogP contribution is -2.48. The van der Waals surface area contributed by atoms with E-state index in [1.807, 2.05) is 66.7 Å². The second-order valence-electron chi connectivity index (χ2n) is 12.8. The molecule has 8 nitrogen and oxygen atoms in total. The Morgan fingerprint density at radius 3 is 2.10 bits per heavy atom. The highest BCUT2D eigenvalue weighted by Gasteiger charge is 2.47. The smallest absolute Gasteiger partial charge is 0.392 e. The number of ether oxygens (including phenoxy) is 2. The van der Waals surface area contributed by atoms with Gasteiger partial charge in [0.15, 0.2) is 6.29 Å². The van der Waals surface area contributed by atoms with Gasteiger partial charge in [0.2, 0.25) is 5.91 Å². The number of hydrogen-bond donors (Lipinski definition) is 2. The van der Waals surface area contributed by atoms with Crippen LogP contribution in [-0.2, 0) is 38.8 Å². The fourth-order valence-electron chi connectivity index (χ4n) is 6.62. The monoisotopic (exact) mass is 687 g/mol. The molecule has 2 aliphatic rings. The minimum atomic E-state index is -5.05. The van der Waals surface area contributed by atoms with Gasteiger partial charge >= 0.3 is 12.1 Å². The van der Waals surface area contributed by atoms with Crippen LogP contribution in [0, 0.1) is 0 Å². The highest BCUT2D eigenvalue weighted by Crippen LogP contribution is 2.39. The summed E-state index contributed by atoms with van der Waals surface area (Å²) >= 11 is 0. The molecule has 4 aromatic rings. The number of carbonyl (C=O) groups is 2. The molecule has 50 heavy (non-hydrogen) atoms. The number of halogens is 3. The first-order chi connectivity index (χ1) is 24.2. The quantitative estimate of drug-likeness (QED) is 0.178. The van der Waals surface area contributed by atoms with Gasteiger partial charge in [-0.3, -0.25) is 14.5 Å². The third kappa shape index (κ3) is 8.97. The summed E-state index contributed by atoms with van der Waals surface area (Å²) in [4.78, 5) is 28.1. The van der Waals surface area contributed by atoms with E-state index in [0.717, 1.165) is 11.1 Å². The Kier molecular flexibility index (Phi) is 11.3. The van der Waals surface area contributed by atoms with E-state index >= 15 is 0 Å². The molecule has 2 N–H and O–H groups in total. The number of amides is 2. The van der Waals surface area contributed by atoms with Crippen molar-refractivity contribution in [2.24, 2.45) is 0 Å². The molecular formula is C39H40F3N3O5. The van der Waals surface area contributed by atoms with Crippen LogP contribution in [0.1, 0.15) is 59.5 Å². The summed E-state index contributed by atoms with van der Waals surface area (Å²) in [5.74, 6) is -2.69. The van der Waals surface area contributed by atoms with Crippen molar-refractivity contribution in [3.8, 4) is 0 Å². The zero-order chi connectivity index (χ0) is 35.1. The second kappa shape index (κ2) is 16.0. The Morgan fingerprint density at radius 1 is 0.820 bits per heavy atom. The van der Waals surface area contributed by atoms with Crippen molar-refractivity contribution in [2.75, 3.05) is 18.4 Å². The molecule has 11 heteroatoms. The first kappa shape index (κ1) is 35.3.